The van der Waals surface area contributed by atoms with E-state index in [-0.39, 0.29) is 5.82 Å². The van der Waals surface area contributed by atoms with E-state index < -0.39 is 0 Å². The Morgan fingerprint density at radius 1 is 1.32 bits per heavy atom. The van der Waals surface area contributed by atoms with Crippen LogP contribution in [0.2, 0.25) is 0 Å². The normalized spacial score (nSPS) is 16.2. The molecule has 2 aromatic rings. The Morgan fingerprint density at radius 3 is 2.79 bits per heavy atom. The van der Waals surface area contributed by atoms with Gasteiger partial charge in [0, 0.05) is 5.92 Å². The van der Waals surface area contributed by atoms with Gasteiger partial charge in [-0.1, -0.05) is 12.8 Å². The van der Waals surface area contributed by atoms with Gasteiger partial charge in [0.15, 0.2) is 5.82 Å². The van der Waals surface area contributed by atoms with Gasteiger partial charge in [0.05, 0.1) is 10.2 Å². The Hall–Kier alpha value is -1.30. The molecule has 0 amide bonds. The molecule has 6 heteroatoms. The molecule has 0 N–H and O–H groups in total. The second kappa shape index (κ2) is 5.00. The fraction of sp³-hybridized carbons (Fsp3) is 0.462. The summed E-state index contributed by atoms with van der Waals surface area (Å²) in [5.41, 5.74) is 1.66. The molecule has 1 aromatic heterocycles. The number of benzene rings is 1. The first-order valence-corrected chi connectivity index (χ1v) is 7.20. The van der Waals surface area contributed by atoms with Crippen LogP contribution in [0.25, 0.3) is 5.69 Å². The molecule has 1 saturated carbocycles. The van der Waals surface area contributed by atoms with Crippen molar-refractivity contribution >= 4 is 15.9 Å². The number of hydrogen-bond donors (Lipinski definition) is 0. The molecule has 100 valence electrons. The second-order valence-corrected chi connectivity index (χ2v) is 5.84. The highest BCUT2D eigenvalue weighted by atomic mass is 79.9. The van der Waals surface area contributed by atoms with E-state index in [0.29, 0.717) is 10.4 Å². The first-order chi connectivity index (χ1) is 9.16. The lowest BCUT2D eigenvalue weighted by Crippen LogP contribution is -2.08. The first-order valence-electron chi connectivity index (χ1n) is 6.41. The minimum absolute atomic E-state index is 0.267. The average molecular weight is 325 g/mol. The summed E-state index contributed by atoms with van der Waals surface area (Å²) in [5, 5.41) is 12.0. The van der Waals surface area contributed by atoms with Crippen LogP contribution in [-0.4, -0.2) is 20.2 Å². The lowest BCUT2D eigenvalue weighted by Gasteiger charge is -2.12. The number of aryl methyl sites for hydroxylation is 1. The van der Waals surface area contributed by atoms with E-state index in [1.54, 1.807) is 10.7 Å². The van der Waals surface area contributed by atoms with Crippen LogP contribution in [0.3, 0.4) is 0 Å². The molecule has 1 heterocycles. The monoisotopic (exact) mass is 324 g/mol. The number of halogens is 2. The summed E-state index contributed by atoms with van der Waals surface area (Å²) in [7, 11) is 0. The van der Waals surface area contributed by atoms with E-state index >= 15 is 0 Å². The molecule has 0 bridgehead atoms. The predicted octanol–water partition coefficient (Wildman–Crippen LogP) is 3.53. The number of aromatic nitrogens is 4. The maximum absolute atomic E-state index is 13.5. The van der Waals surface area contributed by atoms with Crippen LogP contribution < -0.4 is 0 Å². The summed E-state index contributed by atoms with van der Waals surface area (Å²) < 4.78 is 15.7. The van der Waals surface area contributed by atoms with Gasteiger partial charge in [-0.2, -0.15) is 4.68 Å². The predicted molar refractivity (Wildman–Crippen MR) is 72.8 cm³/mol. The zero-order chi connectivity index (χ0) is 13.4. The minimum atomic E-state index is -0.267. The number of hydrogen-bond acceptors (Lipinski definition) is 3. The Labute approximate surface area is 119 Å². The molecule has 4 nitrogen and oxygen atoms in total. The highest BCUT2D eigenvalue weighted by molar-refractivity contribution is 9.10. The SMILES string of the molecule is Cc1cc(F)c(Br)cc1-n1nnnc1C1CCCC1. The van der Waals surface area contributed by atoms with Crippen molar-refractivity contribution in [2.24, 2.45) is 0 Å². The molecule has 3 rings (SSSR count). The maximum atomic E-state index is 13.5. The molecule has 19 heavy (non-hydrogen) atoms. The van der Waals surface area contributed by atoms with Gasteiger partial charge < -0.3 is 0 Å². The lowest BCUT2D eigenvalue weighted by molar-refractivity contribution is 0.613. The van der Waals surface area contributed by atoms with Crippen LogP contribution in [0, 0.1) is 12.7 Å². The standard InChI is InChI=1S/C13H14BrFN4/c1-8-6-11(15)10(14)7-12(8)19-13(16-17-18-19)9-4-2-3-5-9/h6-7,9H,2-5H2,1H3. The van der Waals surface area contributed by atoms with Gasteiger partial charge in [-0.3, -0.25) is 0 Å². The van der Waals surface area contributed by atoms with E-state index in [1.165, 1.54) is 18.9 Å². The maximum Gasteiger partial charge on any atom is 0.159 e. The van der Waals surface area contributed by atoms with Crippen molar-refractivity contribution in [3.63, 3.8) is 0 Å². The van der Waals surface area contributed by atoms with Crippen LogP contribution in [0.1, 0.15) is 43.0 Å². The Bertz CT molecular complexity index is 605. The molecule has 0 unspecified atom stereocenters. The third-order valence-electron chi connectivity index (χ3n) is 3.68. The third-order valence-corrected chi connectivity index (χ3v) is 4.29. The van der Waals surface area contributed by atoms with Gasteiger partial charge in [0.1, 0.15) is 5.82 Å². The molecule has 1 aromatic carbocycles. The van der Waals surface area contributed by atoms with Gasteiger partial charge in [0.25, 0.3) is 0 Å². The fourth-order valence-corrected chi connectivity index (χ4v) is 3.00. The smallest absolute Gasteiger partial charge is 0.159 e. The lowest BCUT2D eigenvalue weighted by atomic mass is 10.1. The van der Waals surface area contributed by atoms with Crippen LogP contribution in [0.5, 0.6) is 0 Å². The van der Waals surface area contributed by atoms with E-state index in [0.717, 1.165) is 29.9 Å². The minimum Gasteiger partial charge on any atom is -0.206 e. The Kier molecular flexibility index (Phi) is 3.35. The summed E-state index contributed by atoms with van der Waals surface area (Å²) >= 11 is 3.22. The largest absolute Gasteiger partial charge is 0.206 e. The topological polar surface area (TPSA) is 43.6 Å². The molecular formula is C13H14BrFN4. The van der Waals surface area contributed by atoms with Crippen LogP contribution in [-0.2, 0) is 0 Å². The Morgan fingerprint density at radius 2 is 2.05 bits per heavy atom. The molecule has 0 radical (unpaired) electrons. The molecular weight excluding hydrogens is 311 g/mol. The average Bonchev–Trinajstić information content (AvgIpc) is 3.03. The molecule has 1 aliphatic rings. The fourth-order valence-electron chi connectivity index (χ4n) is 2.67. The van der Waals surface area contributed by atoms with Crippen LogP contribution in [0.15, 0.2) is 16.6 Å². The molecule has 0 atom stereocenters. The van der Waals surface area contributed by atoms with E-state index in [4.69, 9.17) is 0 Å². The van der Waals surface area contributed by atoms with Crippen LogP contribution in [0.4, 0.5) is 4.39 Å². The zero-order valence-corrected chi connectivity index (χ0v) is 12.2. The molecule has 1 fully saturated rings. The summed E-state index contributed by atoms with van der Waals surface area (Å²) in [6.45, 7) is 1.87. The molecule has 0 aliphatic heterocycles. The summed E-state index contributed by atoms with van der Waals surface area (Å²) in [4.78, 5) is 0. The van der Waals surface area contributed by atoms with Gasteiger partial charge in [-0.05, 0) is 63.8 Å². The van der Waals surface area contributed by atoms with Gasteiger partial charge in [-0.15, -0.1) is 5.10 Å². The van der Waals surface area contributed by atoms with Crippen molar-refractivity contribution in [3.05, 3.63) is 33.8 Å². The highest BCUT2D eigenvalue weighted by Gasteiger charge is 2.24. The van der Waals surface area contributed by atoms with Crippen molar-refractivity contribution < 1.29 is 4.39 Å². The highest BCUT2D eigenvalue weighted by Crippen LogP contribution is 2.34. The molecule has 0 spiro atoms. The van der Waals surface area contributed by atoms with E-state index in [1.807, 2.05) is 6.92 Å². The van der Waals surface area contributed by atoms with Gasteiger partial charge >= 0.3 is 0 Å². The van der Waals surface area contributed by atoms with Crippen molar-refractivity contribution in [3.8, 4) is 5.69 Å². The number of rotatable bonds is 2. The van der Waals surface area contributed by atoms with E-state index in [2.05, 4.69) is 31.5 Å². The molecule has 0 saturated heterocycles. The zero-order valence-electron chi connectivity index (χ0n) is 10.6. The van der Waals surface area contributed by atoms with Crippen molar-refractivity contribution in [1.29, 1.82) is 0 Å². The van der Waals surface area contributed by atoms with Gasteiger partial charge in [-0.25, -0.2) is 4.39 Å². The van der Waals surface area contributed by atoms with Crippen molar-refractivity contribution in [2.45, 2.75) is 38.5 Å². The van der Waals surface area contributed by atoms with Crippen molar-refractivity contribution in [2.75, 3.05) is 0 Å². The van der Waals surface area contributed by atoms with Crippen LogP contribution >= 0.6 is 15.9 Å². The summed E-state index contributed by atoms with van der Waals surface area (Å²) in [6.07, 6.45) is 4.71. The first kappa shape index (κ1) is 12.7. The molecule has 1 aliphatic carbocycles. The van der Waals surface area contributed by atoms with Crippen molar-refractivity contribution in [1.82, 2.24) is 20.2 Å². The second-order valence-electron chi connectivity index (χ2n) is 4.98. The Balaban J connectivity index is 2.07. The van der Waals surface area contributed by atoms with E-state index in [9.17, 15) is 4.39 Å². The van der Waals surface area contributed by atoms with Gasteiger partial charge in [0.2, 0.25) is 0 Å². The summed E-state index contributed by atoms with van der Waals surface area (Å²) in [5.74, 6) is 1.04. The number of nitrogens with zero attached hydrogens (tertiary/aromatic N) is 4. The quantitative estimate of drug-likeness (QED) is 0.848. The number of tetrazole rings is 1. The third kappa shape index (κ3) is 2.29. The summed E-state index contributed by atoms with van der Waals surface area (Å²) in [6, 6.07) is 3.24.